The van der Waals surface area contributed by atoms with Gasteiger partial charge in [-0.15, -0.1) is 36.2 Å². The Morgan fingerprint density at radius 3 is 2.95 bits per heavy atom. The van der Waals surface area contributed by atoms with Crippen LogP contribution in [-0.4, -0.2) is 30.0 Å². The number of carbonyl (C=O) groups excluding carboxylic acids is 1. The van der Waals surface area contributed by atoms with Crippen LogP contribution in [0.4, 0.5) is 0 Å². The van der Waals surface area contributed by atoms with Crippen LogP contribution in [0.25, 0.3) is 0 Å². The number of hydrogen-bond acceptors (Lipinski definition) is 4. The molecule has 0 aromatic carbocycles. The van der Waals surface area contributed by atoms with E-state index >= 15 is 0 Å². The van der Waals surface area contributed by atoms with Gasteiger partial charge in [0.25, 0.3) is 0 Å². The van der Waals surface area contributed by atoms with Crippen LogP contribution in [0, 0.1) is 6.92 Å². The van der Waals surface area contributed by atoms with Crippen LogP contribution in [0.15, 0.2) is 5.38 Å². The maximum atomic E-state index is 11.6. The summed E-state index contributed by atoms with van der Waals surface area (Å²) in [6.45, 7) is 3.80. The molecule has 1 fully saturated rings. The molecule has 1 aromatic rings. The fourth-order valence-electron chi connectivity index (χ4n) is 2.25. The molecule has 116 valence electrons. The average molecular weight is 340 g/mol. The Morgan fingerprint density at radius 1 is 1.55 bits per heavy atom. The summed E-state index contributed by atoms with van der Waals surface area (Å²) in [6, 6.07) is 0.553. The predicted molar refractivity (Wildman–Crippen MR) is 88.3 cm³/mol. The summed E-state index contributed by atoms with van der Waals surface area (Å²) in [5, 5.41) is 9.52. The molecule has 1 atom stereocenters. The summed E-state index contributed by atoms with van der Waals surface area (Å²) in [4.78, 5) is 16.0. The van der Waals surface area contributed by atoms with Crippen molar-refractivity contribution in [3.63, 3.8) is 0 Å². The number of nitrogens with zero attached hydrogens (tertiary/aromatic N) is 1. The molecule has 2 rings (SSSR count). The van der Waals surface area contributed by atoms with Crippen LogP contribution >= 0.6 is 36.2 Å². The van der Waals surface area contributed by atoms with Crippen LogP contribution < -0.4 is 10.6 Å². The summed E-state index contributed by atoms with van der Waals surface area (Å²) in [5.74, 6) is 0.163. The van der Waals surface area contributed by atoms with Crippen molar-refractivity contribution in [2.45, 2.75) is 45.1 Å². The number of aromatic nitrogens is 1. The second kappa shape index (κ2) is 10.4. The van der Waals surface area contributed by atoms with Crippen LogP contribution in [0.1, 0.15) is 36.4 Å². The lowest BCUT2D eigenvalue weighted by molar-refractivity contribution is -0.121. The van der Waals surface area contributed by atoms with Gasteiger partial charge in [-0.3, -0.25) is 4.79 Å². The third-order valence-corrected chi connectivity index (χ3v) is 4.07. The number of nitrogens with one attached hydrogen (secondary N) is 2. The Morgan fingerprint density at radius 2 is 2.35 bits per heavy atom. The number of rotatable bonds is 6. The van der Waals surface area contributed by atoms with Gasteiger partial charge in [0, 0.05) is 30.8 Å². The van der Waals surface area contributed by atoms with Gasteiger partial charge < -0.3 is 10.6 Å². The highest BCUT2D eigenvalue weighted by molar-refractivity contribution is 7.09. The Kier molecular flexibility index (Phi) is 10.2. The van der Waals surface area contributed by atoms with Crippen molar-refractivity contribution in [3.05, 3.63) is 16.1 Å². The minimum absolute atomic E-state index is 0. The molecule has 1 amide bonds. The van der Waals surface area contributed by atoms with E-state index in [4.69, 9.17) is 0 Å². The molecule has 1 aliphatic heterocycles. The second-order valence-electron chi connectivity index (χ2n) is 4.79. The minimum Gasteiger partial charge on any atom is -0.356 e. The largest absolute Gasteiger partial charge is 0.356 e. The van der Waals surface area contributed by atoms with Gasteiger partial charge in [-0.2, -0.15) is 0 Å². The van der Waals surface area contributed by atoms with Crippen molar-refractivity contribution < 1.29 is 4.79 Å². The van der Waals surface area contributed by atoms with Crippen molar-refractivity contribution in [1.29, 1.82) is 0 Å². The monoisotopic (exact) mass is 339 g/mol. The zero-order valence-corrected chi connectivity index (χ0v) is 14.1. The third kappa shape index (κ3) is 6.88. The lowest BCUT2D eigenvalue weighted by atomic mass is 10.1. The fourth-order valence-corrected chi connectivity index (χ4v) is 2.90. The highest BCUT2D eigenvalue weighted by Gasteiger charge is 2.14. The van der Waals surface area contributed by atoms with Gasteiger partial charge >= 0.3 is 0 Å². The Balaban J connectivity index is 0.00000180. The van der Waals surface area contributed by atoms with Gasteiger partial charge in [-0.05, 0) is 32.7 Å². The first-order chi connectivity index (χ1) is 8.74. The van der Waals surface area contributed by atoms with E-state index in [1.165, 1.54) is 12.8 Å². The molecule has 4 nitrogen and oxygen atoms in total. The normalized spacial score (nSPS) is 17.1. The molecule has 20 heavy (non-hydrogen) atoms. The van der Waals surface area contributed by atoms with E-state index in [0.29, 0.717) is 19.0 Å². The summed E-state index contributed by atoms with van der Waals surface area (Å²) in [5.41, 5.74) is 1.08. The summed E-state index contributed by atoms with van der Waals surface area (Å²) in [7, 11) is 0. The molecule has 0 spiro atoms. The van der Waals surface area contributed by atoms with Gasteiger partial charge in [0.15, 0.2) is 0 Å². The zero-order valence-electron chi connectivity index (χ0n) is 11.7. The Hall–Kier alpha value is -0.360. The molecule has 1 aromatic heterocycles. The maximum absolute atomic E-state index is 11.6. The molecular weight excluding hydrogens is 317 g/mol. The number of halogens is 2. The summed E-state index contributed by atoms with van der Waals surface area (Å²) < 4.78 is 0. The number of thiazole rings is 1. The van der Waals surface area contributed by atoms with Gasteiger partial charge in [-0.25, -0.2) is 4.98 Å². The molecule has 2 heterocycles. The molecule has 0 radical (unpaired) electrons. The topological polar surface area (TPSA) is 54.0 Å². The highest BCUT2D eigenvalue weighted by atomic mass is 35.5. The summed E-state index contributed by atoms with van der Waals surface area (Å²) in [6.07, 6.45) is 4.88. The van der Waals surface area contributed by atoms with Gasteiger partial charge in [-0.1, -0.05) is 0 Å². The lowest BCUT2D eigenvalue weighted by Crippen LogP contribution is -2.28. The summed E-state index contributed by atoms with van der Waals surface area (Å²) >= 11 is 1.66. The number of amides is 1. The van der Waals surface area contributed by atoms with Gasteiger partial charge in [0.1, 0.15) is 0 Å². The zero-order chi connectivity index (χ0) is 12.8. The highest BCUT2D eigenvalue weighted by Crippen LogP contribution is 2.10. The number of aryl methyl sites for hydroxylation is 1. The first-order valence-corrected chi connectivity index (χ1v) is 7.53. The number of carbonyl (C=O) groups is 1. The molecule has 7 heteroatoms. The van der Waals surface area contributed by atoms with E-state index in [1.54, 1.807) is 11.3 Å². The van der Waals surface area contributed by atoms with Crippen molar-refractivity contribution >= 4 is 42.1 Å². The SMILES string of the molecule is Cc1nc(CCNC(=O)CCC2CCCN2)cs1.Cl.Cl. The minimum atomic E-state index is 0. The van der Waals surface area contributed by atoms with Crippen molar-refractivity contribution in [3.8, 4) is 0 Å². The molecule has 2 N–H and O–H groups in total. The molecule has 1 aliphatic rings. The molecule has 1 saturated heterocycles. The van der Waals surface area contributed by atoms with Crippen molar-refractivity contribution in [2.75, 3.05) is 13.1 Å². The second-order valence-corrected chi connectivity index (χ2v) is 5.85. The Labute approximate surface area is 137 Å². The first-order valence-electron chi connectivity index (χ1n) is 6.65. The predicted octanol–water partition coefficient (Wildman–Crippen LogP) is 2.49. The lowest BCUT2D eigenvalue weighted by Gasteiger charge is -2.09. The van der Waals surface area contributed by atoms with E-state index < -0.39 is 0 Å². The van der Waals surface area contributed by atoms with Crippen molar-refractivity contribution in [2.24, 2.45) is 0 Å². The standard InChI is InChI=1S/C13H21N3OS.2ClH/c1-10-16-12(9-18-10)6-8-15-13(17)5-4-11-3-2-7-14-11;;/h9,11,14H,2-8H2,1H3,(H,15,17);2*1H. The molecule has 0 bridgehead atoms. The van der Waals surface area contributed by atoms with Crippen LogP contribution in [-0.2, 0) is 11.2 Å². The quantitative estimate of drug-likeness (QED) is 0.837. The Bertz CT molecular complexity index is 395. The van der Waals surface area contributed by atoms with E-state index in [-0.39, 0.29) is 30.7 Å². The smallest absolute Gasteiger partial charge is 0.220 e. The van der Waals surface area contributed by atoms with E-state index in [0.717, 1.165) is 30.1 Å². The van der Waals surface area contributed by atoms with Crippen molar-refractivity contribution in [1.82, 2.24) is 15.6 Å². The average Bonchev–Trinajstić information content (AvgIpc) is 2.98. The van der Waals surface area contributed by atoms with Gasteiger partial charge in [0.05, 0.1) is 10.7 Å². The van der Waals surface area contributed by atoms with E-state index in [1.807, 2.05) is 6.92 Å². The molecule has 0 aliphatic carbocycles. The maximum Gasteiger partial charge on any atom is 0.220 e. The van der Waals surface area contributed by atoms with Crippen LogP contribution in [0.5, 0.6) is 0 Å². The van der Waals surface area contributed by atoms with Gasteiger partial charge in [0.2, 0.25) is 5.91 Å². The van der Waals surface area contributed by atoms with E-state index in [9.17, 15) is 4.79 Å². The number of hydrogen-bond donors (Lipinski definition) is 2. The van der Waals surface area contributed by atoms with E-state index in [2.05, 4.69) is 21.0 Å². The molecule has 0 saturated carbocycles. The fraction of sp³-hybridized carbons (Fsp3) is 0.692. The first kappa shape index (κ1) is 19.6. The molecule has 1 unspecified atom stereocenters. The van der Waals surface area contributed by atoms with Crippen LogP contribution in [0.3, 0.4) is 0 Å². The van der Waals surface area contributed by atoms with Crippen LogP contribution in [0.2, 0.25) is 0 Å². The third-order valence-electron chi connectivity index (χ3n) is 3.25. The molecular formula is C13H23Cl2N3OS.